The van der Waals surface area contributed by atoms with E-state index in [1.807, 2.05) is 32.0 Å². The highest BCUT2D eigenvalue weighted by atomic mass is 79.9. The van der Waals surface area contributed by atoms with Gasteiger partial charge in [-0.25, -0.2) is 0 Å². The number of hydrogen-bond acceptors (Lipinski definition) is 2. The molecular weight excluding hydrogens is 242 g/mol. The van der Waals surface area contributed by atoms with Crippen LogP contribution in [0.4, 0.5) is 5.69 Å². The minimum atomic E-state index is -0.253. The lowest BCUT2D eigenvalue weighted by Gasteiger charge is -2.17. The molecule has 0 saturated carbocycles. The van der Waals surface area contributed by atoms with Crippen molar-refractivity contribution in [1.82, 2.24) is 0 Å². The number of rotatable bonds is 0. The third kappa shape index (κ3) is 1.42. The van der Waals surface area contributed by atoms with E-state index < -0.39 is 0 Å². The Kier molecular flexibility index (Phi) is 2.27. The molecule has 0 radical (unpaired) electrons. The first kappa shape index (κ1) is 9.59. The number of alkyl halides is 1. The average molecular weight is 252 g/mol. The predicted molar refractivity (Wildman–Crippen MR) is 61.0 cm³/mol. The zero-order chi connectivity index (χ0) is 10.3. The molecule has 1 heterocycles. The highest BCUT2D eigenvalue weighted by molar-refractivity contribution is 9.10. The van der Waals surface area contributed by atoms with E-state index in [4.69, 9.17) is 0 Å². The molecule has 1 aliphatic heterocycles. The molecule has 0 amide bonds. The fraction of sp³-hybridized carbons (Fsp3) is 0.273. The Morgan fingerprint density at radius 3 is 2.79 bits per heavy atom. The Bertz CT molecular complexity index is 437. The molecular formula is C11H10BrNO. The second-order valence-corrected chi connectivity index (χ2v) is 4.42. The lowest BCUT2D eigenvalue weighted by atomic mass is 9.99. The SMILES string of the molecule is CC1=Nc2ccc(C)cc2C(=O)C1Br. The van der Waals surface area contributed by atoms with E-state index in [1.165, 1.54) is 0 Å². The smallest absolute Gasteiger partial charge is 0.184 e. The van der Waals surface area contributed by atoms with Crippen molar-refractivity contribution in [3.8, 4) is 0 Å². The van der Waals surface area contributed by atoms with Crippen molar-refractivity contribution in [2.45, 2.75) is 18.7 Å². The molecule has 0 aliphatic carbocycles. The normalized spacial score (nSPS) is 20.4. The van der Waals surface area contributed by atoms with Crippen molar-refractivity contribution in [3.63, 3.8) is 0 Å². The van der Waals surface area contributed by atoms with E-state index in [0.717, 1.165) is 22.5 Å². The van der Waals surface area contributed by atoms with Gasteiger partial charge in [-0.1, -0.05) is 27.6 Å². The van der Waals surface area contributed by atoms with E-state index in [1.54, 1.807) is 0 Å². The van der Waals surface area contributed by atoms with Crippen LogP contribution in [-0.2, 0) is 0 Å². The number of aliphatic imine (C=N–C) groups is 1. The summed E-state index contributed by atoms with van der Waals surface area (Å²) in [7, 11) is 0. The molecule has 14 heavy (non-hydrogen) atoms. The van der Waals surface area contributed by atoms with Crippen molar-refractivity contribution < 1.29 is 4.79 Å². The number of hydrogen-bond donors (Lipinski definition) is 0. The molecule has 1 aliphatic rings. The molecule has 0 aromatic heterocycles. The fourth-order valence-corrected chi connectivity index (χ4v) is 1.87. The molecule has 72 valence electrons. The molecule has 1 atom stereocenters. The molecule has 2 rings (SSSR count). The summed E-state index contributed by atoms with van der Waals surface area (Å²) in [5, 5.41) is 0. The molecule has 0 spiro atoms. The maximum absolute atomic E-state index is 11.9. The van der Waals surface area contributed by atoms with Crippen LogP contribution < -0.4 is 0 Å². The Hall–Kier alpha value is -0.960. The summed E-state index contributed by atoms with van der Waals surface area (Å²) < 4.78 is 0. The molecule has 0 saturated heterocycles. The summed E-state index contributed by atoms with van der Waals surface area (Å²) in [4.78, 5) is 16.0. The van der Waals surface area contributed by atoms with Crippen LogP contribution in [0.1, 0.15) is 22.8 Å². The maximum atomic E-state index is 11.9. The Labute approximate surface area is 91.2 Å². The number of ketones is 1. The topological polar surface area (TPSA) is 29.4 Å². The largest absolute Gasteiger partial charge is 0.292 e. The Balaban J connectivity index is 2.64. The van der Waals surface area contributed by atoms with Crippen molar-refractivity contribution in [2.24, 2.45) is 4.99 Å². The van der Waals surface area contributed by atoms with Crippen LogP contribution in [-0.4, -0.2) is 16.3 Å². The van der Waals surface area contributed by atoms with Gasteiger partial charge in [0.25, 0.3) is 0 Å². The minimum absolute atomic E-state index is 0.108. The van der Waals surface area contributed by atoms with Crippen molar-refractivity contribution in [2.75, 3.05) is 0 Å². The summed E-state index contributed by atoms with van der Waals surface area (Å²) in [6.45, 7) is 3.84. The first-order valence-electron chi connectivity index (χ1n) is 4.43. The van der Waals surface area contributed by atoms with Crippen LogP contribution in [0, 0.1) is 6.92 Å². The fourth-order valence-electron chi connectivity index (χ4n) is 1.52. The third-order valence-electron chi connectivity index (χ3n) is 2.31. The second-order valence-electron chi connectivity index (χ2n) is 3.50. The van der Waals surface area contributed by atoms with Crippen LogP contribution in [0.25, 0.3) is 0 Å². The van der Waals surface area contributed by atoms with Crippen molar-refractivity contribution in [3.05, 3.63) is 29.3 Å². The van der Waals surface area contributed by atoms with Gasteiger partial charge in [0.1, 0.15) is 4.83 Å². The summed E-state index contributed by atoms with van der Waals surface area (Å²) in [5.74, 6) is 0.108. The molecule has 2 nitrogen and oxygen atoms in total. The number of fused-ring (bicyclic) bond motifs is 1. The van der Waals surface area contributed by atoms with Crippen molar-refractivity contribution in [1.29, 1.82) is 0 Å². The number of aryl methyl sites for hydroxylation is 1. The highest BCUT2D eigenvalue weighted by Gasteiger charge is 2.26. The standard InChI is InChI=1S/C11H10BrNO/c1-6-3-4-9-8(5-6)11(14)10(12)7(2)13-9/h3-5,10H,1-2H3. The molecule has 0 fully saturated rings. The lowest BCUT2D eigenvalue weighted by molar-refractivity contribution is 0.101. The zero-order valence-electron chi connectivity index (χ0n) is 8.04. The highest BCUT2D eigenvalue weighted by Crippen LogP contribution is 2.29. The summed E-state index contributed by atoms with van der Waals surface area (Å²) in [6, 6.07) is 5.75. The Morgan fingerprint density at radius 1 is 1.36 bits per heavy atom. The van der Waals surface area contributed by atoms with Gasteiger partial charge >= 0.3 is 0 Å². The maximum Gasteiger partial charge on any atom is 0.184 e. The van der Waals surface area contributed by atoms with Crippen LogP contribution >= 0.6 is 15.9 Å². The predicted octanol–water partition coefficient (Wildman–Crippen LogP) is 3.05. The molecule has 1 aromatic carbocycles. The zero-order valence-corrected chi connectivity index (χ0v) is 9.63. The lowest BCUT2D eigenvalue weighted by Crippen LogP contribution is -2.25. The molecule has 0 bridgehead atoms. The van der Waals surface area contributed by atoms with Gasteiger partial charge in [-0.05, 0) is 26.0 Å². The van der Waals surface area contributed by atoms with E-state index in [2.05, 4.69) is 20.9 Å². The van der Waals surface area contributed by atoms with Crippen LogP contribution in [0.5, 0.6) is 0 Å². The molecule has 3 heteroatoms. The van der Waals surface area contributed by atoms with Crippen LogP contribution in [0.3, 0.4) is 0 Å². The summed E-state index contributed by atoms with van der Waals surface area (Å²) in [5.41, 5.74) is 3.42. The van der Waals surface area contributed by atoms with Gasteiger partial charge in [0, 0.05) is 11.3 Å². The average Bonchev–Trinajstić information content (AvgIpc) is 2.16. The van der Waals surface area contributed by atoms with Gasteiger partial charge in [0.05, 0.1) is 5.69 Å². The van der Waals surface area contributed by atoms with Gasteiger partial charge in [-0.3, -0.25) is 9.79 Å². The number of carbonyl (C=O) groups excluding carboxylic acids is 1. The van der Waals surface area contributed by atoms with Crippen LogP contribution in [0.2, 0.25) is 0 Å². The number of benzene rings is 1. The van der Waals surface area contributed by atoms with E-state index in [0.29, 0.717) is 0 Å². The number of carbonyl (C=O) groups is 1. The van der Waals surface area contributed by atoms with Gasteiger partial charge in [0.2, 0.25) is 0 Å². The summed E-state index contributed by atoms with van der Waals surface area (Å²) in [6.07, 6.45) is 0. The quantitative estimate of drug-likeness (QED) is 0.652. The first-order valence-corrected chi connectivity index (χ1v) is 5.35. The van der Waals surface area contributed by atoms with Gasteiger partial charge in [-0.15, -0.1) is 0 Å². The monoisotopic (exact) mass is 251 g/mol. The van der Waals surface area contributed by atoms with E-state index >= 15 is 0 Å². The van der Waals surface area contributed by atoms with Crippen molar-refractivity contribution >= 4 is 33.1 Å². The number of nitrogens with zero attached hydrogens (tertiary/aromatic N) is 1. The van der Waals surface area contributed by atoms with E-state index in [-0.39, 0.29) is 10.6 Å². The first-order chi connectivity index (χ1) is 6.59. The van der Waals surface area contributed by atoms with Gasteiger partial charge < -0.3 is 0 Å². The Morgan fingerprint density at radius 2 is 2.07 bits per heavy atom. The number of Topliss-reactive ketones (excluding diaryl/α,β-unsaturated/α-hetero) is 1. The molecule has 0 N–H and O–H groups in total. The molecule has 1 aromatic rings. The minimum Gasteiger partial charge on any atom is -0.292 e. The number of halogens is 1. The second kappa shape index (κ2) is 3.31. The summed E-state index contributed by atoms with van der Waals surface area (Å²) >= 11 is 3.33. The van der Waals surface area contributed by atoms with Crippen LogP contribution in [0.15, 0.2) is 23.2 Å². The van der Waals surface area contributed by atoms with E-state index in [9.17, 15) is 4.79 Å². The molecule has 1 unspecified atom stereocenters. The van der Waals surface area contributed by atoms with Gasteiger partial charge in [-0.2, -0.15) is 0 Å². The third-order valence-corrected chi connectivity index (χ3v) is 3.39. The van der Waals surface area contributed by atoms with Gasteiger partial charge in [0.15, 0.2) is 5.78 Å².